The Kier molecular flexibility index (Phi) is 7.76. The number of thioether (sulfide) groups is 1. The van der Waals surface area contributed by atoms with Gasteiger partial charge in [0.05, 0.1) is 23.5 Å². The van der Waals surface area contributed by atoms with Crippen molar-refractivity contribution >= 4 is 50.6 Å². The average Bonchev–Trinajstić information content (AvgIpc) is 3.12. The third-order valence-corrected chi connectivity index (χ3v) is 7.04. The van der Waals surface area contributed by atoms with Gasteiger partial charge in [-0.3, -0.25) is 24.6 Å². The van der Waals surface area contributed by atoms with E-state index in [1.54, 1.807) is 30.3 Å². The van der Waals surface area contributed by atoms with E-state index in [1.165, 1.54) is 24.1 Å². The summed E-state index contributed by atoms with van der Waals surface area (Å²) in [5.41, 5.74) is 3.39. The fourth-order valence-corrected chi connectivity index (χ4v) is 4.73. The first-order valence-electron chi connectivity index (χ1n) is 10.8. The number of amides is 2. The summed E-state index contributed by atoms with van der Waals surface area (Å²) in [6.07, 6.45) is 1.65. The lowest BCUT2D eigenvalue weighted by Gasteiger charge is -2.13. The number of carbonyl (C=O) groups excluding carboxylic acids is 2. The molecule has 0 N–H and O–H groups in total. The number of ether oxygens (including phenoxy) is 2. The molecule has 3 aromatic carbocycles. The lowest BCUT2D eigenvalue weighted by molar-refractivity contribution is -0.384. The zero-order chi connectivity index (χ0) is 25.8. The molecule has 0 aliphatic carbocycles. The van der Waals surface area contributed by atoms with Crippen LogP contribution in [0.5, 0.6) is 11.5 Å². The number of nitro benzene ring substituents is 1. The maximum atomic E-state index is 13.0. The molecule has 0 unspecified atom stereocenters. The van der Waals surface area contributed by atoms with Crippen molar-refractivity contribution in [2.75, 3.05) is 7.11 Å². The number of nitro groups is 1. The van der Waals surface area contributed by atoms with Crippen LogP contribution in [0, 0.1) is 17.0 Å². The molecule has 10 heteroatoms. The van der Waals surface area contributed by atoms with E-state index in [0.29, 0.717) is 26.4 Å². The standard InChI is InChI=1S/C26H21BrN2O6S/c1-16-3-5-17(6-4-16)14-28-25(30)24(36-26(28)31)12-19-11-22(34-2)23(13-21(19)27)35-15-18-7-9-20(10-8-18)29(32)33/h3-13H,14-15H2,1-2H3/b24-12-. The highest BCUT2D eigenvalue weighted by atomic mass is 79.9. The Morgan fingerprint density at radius 3 is 2.33 bits per heavy atom. The van der Waals surface area contributed by atoms with E-state index < -0.39 is 4.92 Å². The van der Waals surface area contributed by atoms with E-state index in [-0.39, 0.29) is 30.0 Å². The van der Waals surface area contributed by atoms with E-state index in [2.05, 4.69) is 15.9 Å². The summed E-state index contributed by atoms with van der Waals surface area (Å²) < 4.78 is 12.0. The molecule has 36 heavy (non-hydrogen) atoms. The van der Waals surface area contributed by atoms with E-state index in [1.807, 2.05) is 31.2 Å². The molecule has 4 rings (SSSR count). The summed E-state index contributed by atoms with van der Waals surface area (Å²) in [5.74, 6) is 0.535. The van der Waals surface area contributed by atoms with Gasteiger partial charge in [0.15, 0.2) is 11.5 Å². The van der Waals surface area contributed by atoms with Gasteiger partial charge in [0.1, 0.15) is 6.61 Å². The van der Waals surface area contributed by atoms with Crippen molar-refractivity contribution < 1.29 is 24.0 Å². The van der Waals surface area contributed by atoms with E-state index in [4.69, 9.17) is 9.47 Å². The van der Waals surface area contributed by atoms with Crippen LogP contribution in [-0.4, -0.2) is 28.1 Å². The van der Waals surface area contributed by atoms with Crippen molar-refractivity contribution in [2.45, 2.75) is 20.1 Å². The monoisotopic (exact) mass is 568 g/mol. The first kappa shape index (κ1) is 25.5. The maximum absolute atomic E-state index is 13.0. The molecule has 1 saturated heterocycles. The smallest absolute Gasteiger partial charge is 0.293 e. The van der Waals surface area contributed by atoms with E-state index in [9.17, 15) is 19.7 Å². The molecular weight excluding hydrogens is 548 g/mol. The van der Waals surface area contributed by atoms with Crippen molar-refractivity contribution in [3.63, 3.8) is 0 Å². The second kappa shape index (κ2) is 11.0. The number of halogens is 1. The highest BCUT2D eigenvalue weighted by Crippen LogP contribution is 2.38. The molecule has 3 aromatic rings. The Labute approximate surface area is 220 Å². The number of carbonyl (C=O) groups is 2. The number of non-ortho nitro benzene ring substituents is 1. The third-order valence-electron chi connectivity index (χ3n) is 5.45. The average molecular weight is 569 g/mol. The largest absolute Gasteiger partial charge is 0.493 e. The van der Waals surface area contributed by atoms with Gasteiger partial charge < -0.3 is 9.47 Å². The zero-order valence-corrected chi connectivity index (χ0v) is 21.8. The molecule has 0 atom stereocenters. The van der Waals surface area contributed by atoms with Gasteiger partial charge in [-0.2, -0.15) is 0 Å². The molecule has 1 aliphatic heterocycles. The van der Waals surface area contributed by atoms with Crippen LogP contribution in [0.1, 0.15) is 22.3 Å². The lowest BCUT2D eigenvalue weighted by Crippen LogP contribution is -2.27. The Morgan fingerprint density at radius 2 is 1.69 bits per heavy atom. The van der Waals surface area contributed by atoms with Crippen LogP contribution < -0.4 is 9.47 Å². The van der Waals surface area contributed by atoms with Gasteiger partial charge in [0.2, 0.25) is 0 Å². The molecule has 184 valence electrons. The van der Waals surface area contributed by atoms with Crippen LogP contribution in [0.15, 0.2) is 70.0 Å². The van der Waals surface area contributed by atoms with Crippen LogP contribution in [0.2, 0.25) is 0 Å². The fourth-order valence-electron chi connectivity index (χ4n) is 3.46. The molecule has 1 heterocycles. The molecular formula is C26H21BrN2O6S. The summed E-state index contributed by atoms with van der Waals surface area (Å²) in [7, 11) is 1.50. The van der Waals surface area contributed by atoms with E-state index in [0.717, 1.165) is 28.5 Å². The molecule has 1 fully saturated rings. The predicted molar refractivity (Wildman–Crippen MR) is 141 cm³/mol. The summed E-state index contributed by atoms with van der Waals surface area (Å²) in [5, 5.41) is 10.5. The molecule has 0 aromatic heterocycles. The van der Waals surface area contributed by atoms with Gasteiger partial charge in [0.25, 0.3) is 16.8 Å². The van der Waals surface area contributed by atoms with Crippen molar-refractivity contribution in [3.8, 4) is 11.5 Å². The van der Waals surface area contributed by atoms with Gasteiger partial charge in [-0.15, -0.1) is 0 Å². The highest BCUT2D eigenvalue weighted by Gasteiger charge is 2.35. The second-order valence-electron chi connectivity index (χ2n) is 7.99. The molecule has 0 radical (unpaired) electrons. The Balaban J connectivity index is 1.50. The number of hydrogen-bond donors (Lipinski definition) is 0. The maximum Gasteiger partial charge on any atom is 0.293 e. The van der Waals surface area contributed by atoms with Gasteiger partial charge in [0, 0.05) is 16.6 Å². The lowest BCUT2D eigenvalue weighted by atomic mass is 10.1. The first-order valence-corrected chi connectivity index (χ1v) is 12.4. The molecule has 0 bridgehead atoms. The number of rotatable bonds is 8. The van der Waals surface area contributed by atoms with Crippen LogP contribution in [-0.2, 0) is 17.9 Å². The minimum absolute atomic E-state index is 0.00621. The highest BCUT2D eigenvalue weighted by molar-refractivity contribution is 9.10. The molecule has 0 spiro atoms. The van der Waals surface area contributed by atoms with Crippen molar-refractivity contribution in [1.29, 1.82) is 0 Å². The Morgan fingerprint density at radius 1 is 1.03 bits per heavy atom. The van der Waals surface area contributed by atoms with Crippen LogP contribution >= 0.6 is 27.7 Å². The van der Waals surface area contributed by atoms with Gasteiger partial charge >= 0.3 is 0 Å². The van der Waals surface area contributed by atoms with Crippen LogP contribution in [0.25, 0.3) is 6.08 Å². The van der Waals surface area contributed by atoms with Crippen LogP contribution in [0.3, 0.4) is 0 Å². The predicted octanol–water partition coefficient (Wildman–Crippen LogP) is 6.49. The summed E-state index contributed by atoms with van der Waals surface area (Å²) >= 11 is 4.40. The van der Waals surface area contributed by atoms with Gasteiger partial charge in [-0.25, -0.2) is 0 Å². The number of imide groups is 1. The topological polar surface area (TPSA) is 99.0 Å². The second-order valence-corrected chi connectivity index (χ2v) is 9.84. The molecule has 1 aliphatic rings. The Hall–Kier alpha value is -3.63. The number of hydrogen-bond acceptors (Lipinski definition) is 7. The van der Waals surface area contributed by atoms with Crippen molar-refractivity contribution in [2.24, 2.45) is 0 Å². The first-order chi connectivity index (χ1) is 17.2. The molecule has 8 nitrogen and oxygen atoms in total. The van der Waals surface area contributed by atoms with Gasteiger partial charge in [-0.05, 0) is 65.7 Å². The SMILES string of the molecule is COc1cc(/C=C2\SC(=O)N(Cc3ccc(C)cc3)C2=O)c(Br)cc1OCc1ccc([N+](=O)[O-])cc1. The Bertz CT molecular complexity index is 1360. The quantitative estimate of drug-likeness (QED) is 0.174. The molecule has 0 saturated carbocycles. The summed E-state index contributed by atoms with van der Waals surface area (Å²) in [6, 6.07) is 17.2. The number of methoxy groups -OCH3 is 1. The van der Waals surface area contributed by atoms with Gasteiger partial charge in [-0.1, -0.05) is 45.8 Å². The fraction of sp³-hybridized carbons (Fsp3) is 0.154. The van der Waals surface area contributed by atoms with Crippen molar-refractivity contribution in [1.82, 2.24) is 4.90 Å². The number of nitrogens with zero attached hydrogens (tertiary/aromatic N) is 2. The van der Waals surface area contributed by atoms with E-state index >= 15 is 0 Å². The minimum Gasteiger partial charge on any atom is -0.493 e. The molecule has 2 amide bonds. The number of aryl methyl sites for hydroxylation is 1. The summed E-state index contributed by atoms with van der Waals surface area (Å²) in [4.78, 5) is 37.4. The van der Waals surface area contributed by atoms with Crippen LogP contribution in [0.4, 0.5) is 10.5 Å². The summed E-state index contributed by atoms with van der Waals surface area (Å²) in [6.45, 7) is 2.37. The minimum atomic E-state index is -0.458. The normalized spacial score (nSPS) is 14.4. The zero-order valence-electron chi connectivity index (χ0n) is 19.4. The third kappa shape index (κ3) is 5.77. The van der Waals surface area contributed by atoms with Crippen molar-refractivity contribution in [3.05, 3.63) is 102 Å². The number of benzene rings is 3.